The third kappa shape index (κ3) is 3.42. The van der Waals surface area contributed by atoms with Crippen molar-refractivity contribution in [2.24, 2.45) is 0 Å². The van der Waals surface area contributed by atoms with Crippen LogP contribution in [0.15, 0.2) is 48.5 Å². The summed E-state index contributed by atoms with van der Waals surface area (Å²) in [5.41, 5.74) is 5.36. The standard InChI is InChI=1S/C24H30N2/c1-24(2,3)20-15-13-18(14-16-20)17-26-22-12-8-7-11-21(22)25-23(26)19-9-5-4-6-10-19/h7-8,11-16,19H,4-6,9-10,17H2,1-3H3. The van der Waals surface area contributed by atoms with Crippen molar-refractivity contribution in [1.29, 1.82) is 0 Å². The van der Waals surface area contributed by atoms with Crippen LogP contribution in [-0.4, -0.2) is 9.55 Å². The van der Waals surface area contributed by atoms with E-state index in [1.807, 2.05) is 0 Å². The summed E-state index contributed by atoms with van der Waals surface area (Å²) in [5, 5.41) is 0. The lowest BCUT2D eigenvalue weighted by molar-refractivity contribution is 0.420. The van der Waals surface area contributed by atoms with Crippen LogP contribution < -0.4 is 0 Å². The summed E-state index contributed by atoms with van der Waals surface area (Å²) in [7, 11) is 0. The average molecular weight is 347 g/mol. The second-order valence-corrected chi connectivity index (χ2v) is 8.83. The van der Waals surface area contributed by atoms with E-state index in [1.165, 1.54) is 54.6 Å². The SMILES string of the molecule is CC(C)(C)c1ccc(Cn2c(C3CCCCC3)nc3ccccc32)cc1. The minimum Gasteiger partial charge on any atom is -0.323 e. The second-order valence-electron chi connectivity index (χ2n) is 8.83. The van der Waals surface area contributed by atoms with Gasteiger partial charge in [-0.15, -0.1) is 0 Å². The number of rotatable bonds is 3. The third-order valence-electron chi connectivity index (χ3n) is 5.82. The van der Waals surface area contributed by atoms with Gasteiger partial charge in [-0.25, -0.2) is 4.98 Å². The van der Waals surface area contributed by atoms with Crippen molar-refractivity contribution in [3.8, 4) is 0 Å². The van der Waals surface area contributed by atoms with Gasteiger partial charge in [0.2, 0.25) is 0 Å². The molecule has 0 N–H and O–H groups in total. The molecule has 1 heterocycles. The fourth-order valence-corrected chi connectivity index (χ4v) is 4.23. The monoisotopic (exact) mass is 346 g/mol. The van der Waals surface area contributed by atoms with Crippen LogP contribution in [0.4, 0.5) is 0 Å². The highest BCUT2D eigenvalue weighted by atomic mass is 15.1. The first-order valence-corrected chi connectivity index (χ1v) is 10.1. The molecular weight excluding hydrogens is 316 g/mol. The first kappa shape index (κ1) is 17.3. The summed E-state index contributed by atoms with van der Waals surface area (Å²) >= 11 is 0. The number of imidazole rings is 1. The Morgan fingerprint density at radius 1 is 0.923 bits per heavy atom. The van der Waals surface area contributed by atoms with E-state index >= 15 is 0 Å². The zero-order chi connectivity index (χ0) is 18.1. The third-order valence-corrected chi connectivity index (χ3v) is 5.82. The lowest BCUT2D eigenvalue weighted by atomic mass is 9.86. The molecule has 0 amide bonds. The molecule has 0 radical (unpaired) electrons. The molecule has 3 aromatic rings. The maximum atomic E-state index is 5.05. The molecule has 1 aliphatic rings. The van der Waals surface area contributed by atoms with Crippen molar-refractivity contribution >= 4 is 11.0 Å². The maximum Gasteiger partial charge on any atom is 0.113 e. The van der Waals surface area contributed by atoms with Gasteiger partial charge in [0.15, 0.2) is 0 Å². The van der Waals surface area contributed by atoms with Crippen LogP contribution in [0.2, 0.25) is 0 Å². The topological polar surface area (TPSA) is 17.8 Å². The van der Waals surface area contributed by atoms with E-state index in [4.69, 9.17) is 4.98 Å². The van der Waals surface area contributed by atoms with Crippen molar-refractivity contribution < 1.29 is 0 Å². The van der Waals surface area contributed by atoms with Gasteiger partial charge in [-0.05, 0) is 41.5 Å². The number of para-hydroxylation sites is 2. The van der Waals surface area contributed by atoms with E-state index in [-0.39, 0.29) is 5.41 Å². The van der Waals surface area contributed by atoms with Crippen molar-refractivity contribution in [2.75, 3.05) is 0 Å². The van der Waals surface area contributed by atoms with Gasteiger partial charge in [-0.1, -0.05) is 76.4 Å². The Labute approximate surface area is 157 Å². The lowest BCUT2D eigenvalue weighted by Crippen LogP contribution is -2.14. The Kier molecular flexibility index (Phi) is 4.60. The molecule has 1 fully saturated rings. The van der Waals surface area contributed by atoms with Gasteiger partial charge in [0.25, 0.3) is 0 Å². The Morgan fingerprint density at radius 2 is 1.62 bits per heavy atom. The molecule has 0 saturated heterocycles. The van der Waals surface area contributed by atoms with Gasteiger partial charge in [0.05, 0.1) is 11.0 Å². The summed E-state index contributed by atoms with van der Waals surface area (Å²) in [4.78, 5) is 5.05. The van der Waals surface area contributed by atoms with Crippen molar-refractivity contribution in [2.45, 2.75) is 70.8 Å². The van der Waals surface area contributed by atoms with Crippen LogP contribution in [0.5, 0.6) is 0 Å². The quantitative estimate of drug-likeness (QED) is 0.534. The fraction of sp³-hybridized carbons (Fsp3) is 0.458. The predicted octanol–water partition coefficient (Wildman–Crippen LogP) is 6.43. The number of fused-ring (bicyclic) bond motifs is 1. The van der Waals surface area contributed by atoms with Crippen LogP contribution in [0.3, 0.4) is 0 Å². The molecule has 1 aromatic heterocycles. The number of hydrogen-bond acceptors (Lipinski definition) is 1. The molecule has 1 aliphatic carbocycles. The Balaban J connectivity index is 1.70. The highest BCUT2D eigenvalue weighted by molar-refractivity contribution is 5.76. The molecule has 136 valence electrons. The maximum absolute atomic E-state index is 5.05. The molecule has 26 heavy (non-hydrogen) atoms. The summed E-state index contributed by atoms with van der Waals surface area (Å²) in [6.45, 7) is 7.72. The van der Waals surface area contributed by atoms with E-state index < -0.39 is 0 Å². The van der Waals surface area contributed by atoms with Gasteiger partial charge < -0.3 is 4.57 Å². The summed E-state index contributed by atoms with van der Waals surface area (Å²) in [6.07, 6.45) is 6.63. The molecular formula is C24H30N2. The first-order chi connectivity index (χ1) is 12.5. The van der Waals surface area contributed by atoms with E-state index in [1.54, 1.807) is 0 Å². The Morgan fingerprint density at radius 3 is 2.31 bits per heavy atom. The zero-order valence-electron chi connectivity index (χ0n) is 16.3. The van der Waals surface area contributed by atoms with Crippen molar-refractivity contribution in [3.05, 3.63) is 65.5 Å². The molecule has 2 aromatic carbocycles. The molecule has 1 saturated carbocycles. The summed E-state index contributed by atoms with van der Waals surface area (Å²) in [6, 6.07) is 17.8. The summed E-state index contributed by atoms with van der Waals surface area (Å²) < 4.78 is 2.47. The molecule has 0 bridgehead atoms. The molecule has 0 atom stereocenters. The molecule has 2 nitrogen and oxygen atoms in total. The van der Waals surface area contributed by atoms with Crippen LogP contribution >= 0.6 is 0 Å². The lowest BCUT2D eigenvalue weighted by Gasteiger charge is -2.23. The van der Waals surface area contributed by atoms with E-state index in [0.717, 1.165) is 12.1 Å². The Hall–Kier alpha value is -2.09. The molecule has 0 unspecified atom stereocenters. The predicted molar refractivity (Wildman–Crippen MR) is 110 cm³/mol. The summed E-state index contributed by atoms with van der Waals surface area (Å²) in [5.74, 6) is 1.91. The van der Waals surface area contributed by atoms with Crippen molar-refractivity contribution in [1.82, 2.24) is 9.55 Å². The molecule has 0 aliphatic heterocycles. The van der Waals surface area contributed by atoms with Gasteiger partial charge in [-0.3, -0.25) is 0 Å². The number of aromatic nitrogens is 2. The molecule has 0 spiro atoms. The second kappa shape index (κ2) is 6.90. The molecule has 2 heteroatoms. The average Bonchev–Trinajstić information content (AvgIpc) is 3.01. The van der Waals surface area contributed by atoms with Crippen molar-refractivity contribution in [3.63, 3.8) is 0 Å². The van der Waals surface area contributed by atoms with Gasteiger partial charge in [0, 0.05) is 12.5 Å². The van der Waals surface area contributed by atoms with Crippen LogP contribution in [-0.2, 0) is 12.0 Å². The van der Waals surface area contributed by atoms with E-state index in [2.05, 4.69) is 73.9 Å². The minimum atomic E-state index is 0.202. The largest absolute Gasteiger partial charge is 0.323 e. The highest BCUT2D eigenvalue weighted by Crippen LogP contribution is 2.34. The number of nitrogens with zero attached hydrogens (tertiary/aromatic N) is 2. The van der Waals surface area contributed by atoms with E-state index in [9.17, 15) is 0 Å². The van der Waals surface area contributed by atoms with Crippen LogP contribution in [0, 0.1) is 0 Å². The normalized spacial score (nSPS) is 16.3. The smallest absolute Gasteiger partial charge is 0.113 e. The fourth-order valence-electron chi connectivity index (χ4n) is 4.23. The molecule has 4 rings (SSSR count). The minimum absolute atomic E-state index is 0.202. The van der Waals surface area contributed by atoms with Crippen LogP contribution in [0.25, 0.3) is 11.0 Å². The van der Waals surface area contributed by atoms with Gasteiger partial charge in [-0.2, -0.15) is 0 Å². The Bertz CT molecular complexity index is 875. The van der Waals surface area contributed by atoms with E-state index in [0.29, 0.717) is 5.92 Å². The van der Waals surface area contributed by atoms with Gasteiger partial charge >= 0.3 is 0 Å². The highest BCUT2D eigenvalue weighted by Gasteiger charge is 2.22. The first-order valence-electron chi connectivity index (χ1n) is 10.1. The number of benzene rings is 2. The van der Waals surface area contributed by atoms with Crippen LogP contribution in [0.1, 0.15) is 75.7 Å². The van der Waals surface area contributed by atoms with Gasteiger partial charge in [0.1, 0.15) is 5.82 Å². The number of hydrogen-bond donors (Lipinski definition) is 0. The zero-order valence-corrected chi connectivity index (χ0v) is 16.3.